The molecule has 1 aliphatic rings. The standard InChI is InChI=1S/C31H31N3O2/c1-31(25-13-7-3-8-14-25)28(30(36)32-22-21-23-17-19-27(35)20-18-23)29(24-11-5-2-6-12-24)34(33-31)26-15-9-4-10-16-26/h2-20,28-29,33,35H,21-22H2,1H3,(H,32,36). The van der Waals surface area contributed by atoms with Crippen LogP contribution >= 0.6 is 0 Å². The Labute approximate surface area is 212 Å². The van der Waals surface area contributed by atoms with Crippen molar-refractivity contribution in [2.45, 2.75) is 24.9 Å². The van der Waals surface area contributed by atoms with Crippen LogP contribution in [-0.2, 0) is 16.8 Å². The van der Waals surface area contributed by atoms with Crippen LogP contribution in [0.15, 0.2) is 115 Å². The molecule has 5 heteroatoms. The molecule has 1 heterocycles. The number of hydrazine groups is 1. The van der Waals surface area contributed by atoms with E-state index in [1.807, 2.05) is 66.7 Å². The molecule has 0 saturated carbocycles. The van der Waals surface area contributed by atoms with E-state index in [9.17, 15) is 9.90 Å². The van der Waals surface area contributed by atoms with Crippen molar-refractivity contribution in [3.8, 4) is 5.75 Å². The highest BCUT2D eigenvalue weighted by Gasteiger charge is 2.54. The number of carbonyl (C=O) groups excluding carboxylic acids is 1. The van der Waals surface area contributed by atoms with Crippen LogP contribution in [0.25, 0.3) is 0 Å². The third kappa shape index (κ3) is 4.70. The molecule has 3 N–H and O–H groups in total. The third-order valence-electron chi connectivity index (χ3n) is 7.05. The number of nitrogens with zero attached hydrogens (tertiary/aromatic N) is 1. The number of aromatic hydroxyl groups is 1. The van der Waals surface area contributed by atoms with Crippen molar-refractivity contribution in [1.82, 2.24) is 10.7 Å². The SMILES string of the molecule is CC1(c2ccccc2)NN(c2ccccc2)C(c2ccccc2)C1C(=O)NCCc1ccc(O)cc1. The molecule has 182 valence electrons. The second-order valence-electron chi connectivity index (χ2n) is 9.43. The number of anilines is 1. The molecular formula is C31H31N3O2. The second-order valence-corrected chi connectivity index (χ2v) is 9.43. The molecule has 1 fully saturated rings. The lowest BCUT2D eigenvalue weighted by molar-refractivity contribution is -0.127. The molecule has 36 heavy (non-hydrogen) atoms. The molecule has 1 saturated heterocycles. The fraction of sp³-hybridized carbons (Fsp3) is 0.194. The molecule has 0 aliphatic carbocycles. The van der Waals surface area contributed by atoms with Gasteiger partial charge in [-0.25, -0.2) is 5.43 Å². The molecule has 0 bridgehead atoms. The van der Waals surface area contributed by atoms with Gasteiger partial charge in [-0.1, -0.05) is 91.0 Å². The maximum absolute atomic E-state index is 14.0. The summed E-state index contributed by atoms with van der Waals surface area (Å²) in [7, 11) is 0. The molecule has 0 spiro atoms. The largest absolute Gasteiger partial charge is 0.508 e. The van der Waals surface area contributed by atoms with Gasteiger partial charge in [-0.3, -0.25) is 9.80 Å². The number of para-hydroxylation sites is 1. The number of phenols is 1. The summed E-state index contributed by atoms with van der Waals surface area (Å²) in [5.74, 6) is -0.160. The first kappa shape index (κ1) is 23.6. The van der Waals surface area contributed by atoms with Crippen LogP contribution in [0.1, 0.15) is 29.7 Å². The quantitative estimate of drug-likeness (QED) is 0.336. The van der Waals surface area contributed by atoms with E-state index in [2.05, 4.69) is 59.1 Å². The van der Waals surface area contributed by atoms with Crippen LogP contribution in [0, 0.1) is 5.92 Å². The van der Waals surface area contributed by atoms with Crippen molar-refractivity contribution in [3.05, 3.63) is 132 Å². The predicted octanol–water partition coefficient (Wildman–Crippen LogP) is 5.35. The van der Waals surface area contributed by atoms with Gasteiger partial charge in [0.1, 0.15) is 5.75 Å². The summed E-state index contributed by atoms with van der Waals surface area (Å²) in [6, 6.07) is 37.5. The minimum atomic E-state index is -0.639. The highest BCUT2D eigenvalue weighted by atomic mass is 16.3. The van der Waals surface area contributed by atoms with E-state index in [4.69, 9.17) is 0 Å². The Morgan fingerprint density at radius 3 is 2.08 bits per heavy atom. The van der Waals surface area contributed by atoms with E-state index in [-0.39, 0.29) is 17.7 Å². The van der Waals surface area contributed by atoms with Gasteiger partial charge >= 0.3 is 0 Å². The van der Waals surface area contributed by atoms with Gasteiger partial charge in [-0.2, -0.15) is 0 Å². The Morgan fingerprint density at radius 1 is 0.861 bits per heavy atom. The van der Waals surface area contributed by atoms with Crippen molar-refractivity contribution in [2.75, 3.05) is 11.6 Å². The zero-order valence-corrected chi connectivity index (χ0v) is 20.3. The van der Waals surface area contributed by atoms with Gasteiger partial charge < -0.3 is 10.4 Å². The molecule has 3 atom stereocenters. The predicted molar refractivity (Wildman–Crippen MR) is 143 cm³/mol. The first-order chi connectivity index (χ1) is 17.6. The van der Waals surface area contributed by atoms with Crippen molar-refractivity contribution >= 4 is 11.6 Å². The van der Waals surface area contributed by atoms with Gasteiger partial charge in [0.15, 0.2) is 0 Å². The number of phenolic OH excluding ortho intramolecular Hbond substituents is 1. The lowest BCUT2D eigenvalue weighted by Gasteiger charge is -2.31. The van der Waals surface area contributed by atoms with Crippen LogP contribution in [0.2, 0.25) is 0 Å². The summed E-state index contributed by atoms with van der Waals surface area (Å²) in [6.45, 7) is 2.63. The molecule has 1 aliphatic heterocycles. The first-order valence-electron chi connectivity index (χ1n) is 12.3. The highest BCUT2D eigenvalue weighted by Crippen LogP contribution is 2.48. The highest BCUT2D eigenvalue weighted by molar-refractivity contribution is 5.83. The molecule has 3 unspecified atom stereocenters. The zero-order valence-electron chi connectivity index (χ0n) is 20.3. The Morgan fingerprint density at radius 2 is 1.44 bits per heavy atom. The summed E-state index contributed by atoms with van der Waals surface area (Å²) in [4.78, 5) is 14.0. The van der Waals surface area contributed by atoms with E-state index in [0.717, 1.165) is 22.4 Å². The summed E-state index contributed by atoms with van der Waals surface area (Å²) < 4.78 is 0. The number of amides is 1. The van der Waals surface area contributed by atoms with Gasteiger partial charge in [0.2, 0.25) is 5.91 Å². The second kappa shape index (κ2) is 10.3. The fourth-order valence-electron chi connectivity index (χ4n) is 5.20. The van der Waals surface area contributed by atoms with Gasteiger partial charge in [0.05, 0.1) is 23.2 Å². The summed E-state index contributed by atoms with van der Waals surface area (Å²) in [6.07, 6.45) is 0.687. The van der Waals surface area contributed by atoms with Crippen LogP contribution in [0.4, 0.5) is 5.69 Å². The first-order valence-corrected chi connectivity index (χ1v) is 12.3. The topological polar surface area (TPSA) is 64.6 Å². The van der Waals surface area contributed by atoms with E-state index < -0.39 is 11.5 Å². The molecule has 5 rings (SSSR count). The fourth-order valence-corrected chi connectivity index (χ4v) is 5.20. The minimum Gasteiger partial charge on any atom is -0.508 e. The average molecular weight is 478 g/mol. The molecule has 0 radical (unpaired) electrons. The molecule has 4 aromatic rings. The smallest absolute Gasteiger partial charge is 0.227 e. The van der Waals surface area contributed by atoms with E-state index >= 15 is 0 Å². The van der Waals surface area contributed by atoms with E-state index in [1.54, 1.807) is 12.1 Å². The van der Waals surface area contributed by atoms with Crippen molar-refractivity contribution in [1.29, 1.82) is 0 Å². The van der Waals surface area contributed by atoms with Crippen molar-refractivity contribution < 1.29 is 9.90 Å². The Hall–Kier alpha value is -4.09. The molecule has 1 amide bonds. The number of rotatable bonds is 7. The van der Waals surface area contributed by atoms with Crippen LogP contribution in [-0.4, -0.2) is 17.6 Å². The number of hydrogen-bond donors (Lipinski definition) is 3. The molecule has 5 nitrogen and oxygen atoms in total. The Bertz CT molecular complexity index is 1280. The average Bonchev–Trinajstić information content (AvgIpc) is 3.26. The lowest BCUT2D eigenvalue weighted by Crippen LogP contribution is -2.48. The summed E-state index contributed by atoms with van der Waals surface area (Å²) >= 11 is 0. The Kier molecular flexibility index (Phi) is 6.74. The van der Waals surface area contributed by atoms with Gasteiger partial charge in [0, 0.05) is 6.54 Å². The number of nitrogens with one attached hydrogen (secondary N) is 2. The minimum absolute atomic E-state index is 0.0000782. The van der Waals surface area contributed by atoms with Crippen LogP contribution < -0.4 is 15.8 Å². The van der Waals surface area contributed by atoms with Crippen LogP contribution in [0.3, 0.4) is 0 Å². The van der Waals surface area contributed by atoms with Crippen molar-refractivity contribution in [2.24, 2.45) is 5.92 Å². The summed E-state index contributed by atoms with van der Waals surface area (Å²) in [5, 5.41) is 14.9. The molecule has 0 aromatic heterocycles. The maximum atomic E-state index is 14.0. The molecule has 4 aromatic carbocycles. The van der Waals surface area contributed by atoms with Crippen molar-refractivity contribution in [3.63, 3.8) is 0 Å². The van der Waals surface area contributed by atoms with E-state index in [0.29, 0.717) is 13.0 Å². The van der Waals surface area contributed by atoms with Gasteiger partial charge in [0.25, 0.3) is 0 Å². The Balaban J connectivity index is 1.51. The van der Waals surface area contributed by atoms with Crippen LogP contribution in [0.5, 0.6) is 5.75 Å². The maximum Gasteiger partial charge on any atom is 0.227 e. The normalized spacial score (nSPS) is 21.3. The zero-order chi connectivity index (χ0) is 25.0. The summed E-state index contributed by atoms with van der Waals surface area (Å²) in [5.41, 5.74) is 7.31. The number of benzene rings is 4. The third-order valence-corrected chi connectivity index (χ3v) is 7.05. The molecular weight excluding hydrogens is 446 g/mol. The number of hydrogen-bond acceptors (Lipinski definition) is 4. The van der Waals surface area contributed by atoms with Gasteiger partial charge in [-0.05, 0) is 54.3 Å². The number of carbonyl (C=O) groups is 1. The monoisotopic (exact) mass is 477 g/mol. The van der Waals surface area contributed by atoms with E-state index in [1.165, 1.54) is 0 Å². The van der Waals surface area contributed by atoms with Gasteiger partial charge in [-0.15, -0.1) is 0 Å². The lowest BCUT2D eigenvalue weighted by atomic mass is 9.75.